The minimum atomic E-state index is -0.721. The molecule has 1 aromatic carbocycles. The van der Waals surface area contributed by atoms with E-state index in [0.717, 1.165) is 10.5 Å². The van der Waals surface area contributed by atoms with Gasteiger partial charge in [0.25, 0.3) is 5.91 Å². The first-order chi connectivity index (χ1) is 9.47. The molecule has 0 spiro atoms. The quantitative estimate of drug-likeness (QED) is 0.601. The van der Waals surface area contributed by atoms with Crippen molar-refractivity contribution >= 4 is 23.4 Å². The van der Waals surface area contributed by atoms with Crippen molar-refractivity contribution in [1.29, 1.82) is 0 Å². The van der Waals surface area contributed by atoms with Crippen LogP contribution in [0.5, 0.6) is 0 Å². The van der Waals surface area contributed by atoms with Crippen LogP contribution in [0.15, 0.2) is 24.3 Å². The Morgan fingerprint density at radius 1 is 1.45 bits per heavy atom. The van der Waals surface area contributed by atoms with Crippen LogP contribution in [0.1, 0.15) is 18.4 Å². The Morgan fingerprint density at radius 2 is 2.20 bits per heavy atom. The van der Waals surface area contributed by atoms with Crippen molar-refractivity contribution in [2.75, 3.05) is 12.8 Å². The number of hydrogen-bond donors (Lipinski definition) is 2. The number of amides is 3. The number of carbonyl (C=O) groups excluding carboxylic acids is 3. The number of likely N-dealkylation sites (N-methyl/N-ethyl adjacent to an activating group) is 1. The number of likely N-dealkylation sites (tertiary alicyclic amines) is 1. The highest BCUT2D eigenvalue weighted by Crippen LogP contribution is 2.12. The van der Waals surface area contributed by atoms with Gasteiger partial charge in [-0.1, -0.05) is 12.1 Å². The summed E-state index contributed by atoms with van der Waals surface area (Å²) < 4.78 is 0. The molecule has 6 nitrogen and oxygen atoms in total. The third-order valence-electron chi connectivity index (χ3n) is 3.31. The third kappa shape index (κ3) is 3.14. The molecule has 1 aliphatic heterocycles. The Morgan fingerprint density at radius 3 is 2.80 bits per heavy atom. The predicted molar refractivity (Wildman–Crippen MR) is 73.5 cm³/mol. The van der Waals surface area contributed by atoms with Gasteiger partial charge >= 0.3 is 0 Å². The fourth-order valence-electron chi connectivity index (χ4n) is 2.14. The predicted octanol–water partition coefficient (Wildman–Crippen LogP) is 0.0749. The van der Waals surface area contributed by atoms with E-state index in [-0.39, 0.29) is 30.6 Å². The highest BCUT2D eigenvalue weighted by molar-refractivity contribution is 6.06. The van der Waals surface area contributed by atoms with Gasteiger partial charge in [0.05, 0.1) is 6.42 Å². The van der Waals surface area contributed by atoms with Gasteiger partial charge in [0.1, 0.15) is 6.04 Å². The van der Waals surface area contributed by atoms with E-state index in [2.05, 4.69) is 5.32 Å². The lowest BCUT2D eigenvalue weighted by Gasteiger charge is -2.11. The minimum Gasteiger partial charge on any atom is -0.399 e. The number of carbonyl (C=O) groups is 3. The first-order valence-corrected chi connectivity index (χ1v) is 6.41. The molecule has 0 radical (unpaired) electrons. The average molecular weight is 275 g/mol. The molecule has 6 heteroatoms. The van der Waals surface area contributed by atoms with Crippen molar-refractivity contribution in [3.05, 3.63) is 29.8 Å². The maximum Gasteiger partial charge on any atom is 0.252 e. The molecule has 1 fully saturated rings. The Balaban J connectivity index is 1.84. The first-order valence-electron chi connectivity index (χ1n) is 6.41. The van der Waals surface area contributed by atoms with Crippen LogP contribution in [0.4, 0.5) is 5.69 Å². The second kappa shape index (κ2) is 5.73. The molecule has 106 valence electrons. The van der Waals surface area contributed by atoms with E-state index >= 15 is 0 Å². The number of benzene rings is 1. The van der Waals surface area contributed by atoms with Gasteiger partial charge in [-0.2, -0.15) is 0 Å². The van der Waals surface area contributed by atoms with Crippen molar-refractivity contribution in [3.63, 3.8) is 0 Å². The standard InChI is InChI=1S/C14H17N3O3/c1-17-13(19)8-11(14(17)20)16-12(18)6-5-9-3-2-4-10(15)7-9/h2-4,7,11H,5-6,8,15H2,1H3,(H,16,18). The molecule has 0 saturated carbocycles. The summed E-state index contributed by atoms with van der Waals surface area (Å²) in [7, 11) is 1.42. The van der Waals surface area contributed by atoms with E-state index in [1.165, 1.54) is 7.05 Å². The molecule has 1 heterocycles. The SMILES string of the molecule is CN1C(=O)CC(NC(=O)CCc2cccc(N)c2)C1=O. The van der Waals surface area contributed by atoms with E-state index in [4.69, 9.17) is 5.73 Å². The second-order valence-corrected chi connectivity index (χ2v) is 4.86. The van der Waals surface area contributed by atoms with Crippen LogP contribution in [0.25, 0.3) is 0 Å². The van der Waals surface area contributed by atoms with Gasteiger partial charge in [0.2, 0.25) is 11.8 Å². The summed E-state index contributed by atoms with van der Waals surface area (Å²) in [5, 5.41) is 2.59. The fraction of sp³-hybridized carbons (Fsp3) is 0.357. The molecular formula is C14H17N3O3. The van der Waals surface area contributed by atoms with Gasteiger partial charge in [-0.05, 0) is 24.1 Å². The lowest BCUT2D eigenvalue weighted by molar-refractivity contribution is -0.138. The Labute approximate surface area is 116 Å². The lowest BCUT2D eigenvalue weighted by Crippen LogP contribution is -2.40. The molecule has 1 atom stereocenters. The Bertz CT molecular complexity index is 556. The van der Waals surface area contributed by atoms with Crippen LogP contribution in [0.3, 0.4) is 0 Å². The lowest BCUT2D eigenvalue weighted by atomic mass is 10.1. The first kappa shape index (κ1) is 14.0. The fourth-order valence-corrected chi connectivity index (χ4v) is 2.14. The number of nitrogens with one attached hydrogen (secondary N) is 1. The number of rotatable bonds is 4. The number of anilines is 1. The van der Waals surface area contributed by atoms with E-state index in [9.17, 15) is 14.4 Å². The number of aryl methyl sites for hydroxylation is 1. The monoisotopic (exact) mass is 275 g/mol. The summed E-state index contributed by atoms with van der Waals surface area (Å²) in [6, 6.07) is 6.59. The molecule has 0 bridgehead atoms. The summed E-state index contributed by atoms with van der Waals surface area (Å²) in [6.07, 6.45) is 0.839. The number of hydrogen-bond acceptors (Lipinski definition) is 4. The normalized spacial score (nSPS) is 18.4. The van der Waals surface area contributed by atoms with Crippen LogP contribution in [-0.2, 0) is 20.8 Å². The number of nitrogen functional groups attached to an aromatic ring is 1. The summed E-state index contributed by atoms with van der Waals surface area (Å²) in [6.45, 7) is 0. The molecule has 3 amide bonds. The topological polar surface area (TPSA) is 92.5 Å². The van der Waals surface area contributed by atoms with Gasteiger partial charge in [-0.25, -0.2) is 0 Å². The van der Waals surface area contributed by atoms with Crippen LogP contribution >= 0.6 is 0 Å². The molecule has 1 aliphatic rings. The summed E-state index contributed by atoms with van der Waals surface area (Å²) in [4.78, 5) is 35.8. The molecule has 1 saturated heterocycles. The zero-order chi connectivity index (χ0) is 14.7. The smallest absolute Gasteiger partial charge is 0.252 e. The van der Waals surface area contributed by atoms with Gasteiger partial charge < -0.3 is 11.1 Å². The van der Waals surface area contributed by atoms with E-state index in [1.807, 2.05) is 18.2 Å². The zero-order valence-corrected chi connectivity index (χ0v) is 11.3. The van der Waals surface area contributed by atoms with Gasteiger partial charge in [-0.3, -0.25) is 19.3 Å². The zero-order valence-electron chi connectivity index (χ0n) is 11.3. The van der Waals surface area contributed by atoms with E-state index in [0.29, 0.717) is 12.1 Å². The Hall–Kier alpha value is -2.37. The molecule has 0 aromatic heterocycles. The van der Waals surface area contributed by atoms with Crippen LogP contribution in [0, 0.1) is 0 Å². The van der Waals surface area contributed by atoms with Gasteiger partial charge in [-0.15, -0.1) is 0 Å². The maximum absolute atomic E-state index is 11.8. The number of imide groups is 1. The molecule has 1 unspecified atom stereocenters. The maximum atomic E-state index is 11.8. The van der Waals surface area contributed by atoms with Gasteiger partial charge in [0.15, 0.2) is 0 Å². The van der Waals surface area contributed by atoms with Crippen molar-refractivity contribution in [2.24, 2.45) is 0 Å². The highest BCUT2D eigenvalue weighted by Gasteiger charge is 2.36. The molecular weight excluding hydrogens is 258 g/mol. The van der Waals surface area contributed by atoms with E-state index in [1.54, 1.807) is 6.07 Å². The molecule has 2 rings (SSSR count). The minimum absolute atomic E-state index is 0.0410. The second-order valence-electron chi connectivity index (χ2n) is 4.86. The third-order valence-corrected chi connectivity index (χ3v) is 3.31. The molecule has 1 aromatic rings. The summed E-state index contributed by atoms with van der Waals surface area (Å²) in [5.74, 6) is -0.864. The van der Waals surface area contributed by atoms with Crippen molar-refractivity contribution in [3.8, 4) is 0 Å². The van der Waals surface area contributed by atoms with Crippen LogP contribution in [0.2, 0.25) is 0 Å². The van der Waals surface area contributed by atoms with Gasteiger partial charge in [0, 0.05) is 19.2 Å². The summed E-state index contributed by atoms with van der Waals surface area (Å²) in [5.41, 5.74) is 7.28. The number of nitrogens with two attached hydrogens (primary N) is 1. The number of nitrogens with zero attached hydrogens (tertiary/aromatic N) is 1. The largest absolute Gasteiger partial charge is 0.399 e. The van der Waals surface area contributed by atoms with Crippen LogP contribution < -0.4 is 11.1 Å². The van der Waals surface area contributed by atoms with E-state index < -0.39 is 6.04 Å². The molecule has 0 aliphatic carbocycles. The highest BCUT2D eigenvalue weighted by atomic mass is 16.2. The molecule has 3 N–H and O–H groups in total. The summed E-state index contributed by atoms with van der Waals surface area (Å²) >= 11 is 0. The molecule has 20 heavy (non-hydrogen) atoms. The van der Waals surface area contributed by atoms with Crippen molar-refractivity contribution in [2.45, 2.75) is 25.3 Å². The van der Waals surface area contributed by atoms with Crippen molar-refractivity contribution in [1.82, 2.24) is 10.2 Å². The van der Waals surface area contributed by atoms with Crippen molar-refractivity contribution < 1.29 is 14.4 Å². The Kier molecular flexibility index (Phi) is 4.02. The van der Waals surface area contributed by atoms with Crippen LogP contribution in [-0.4, -0.2) is 35.7 Å². The average Bonchev–Trinajstić information content (AvgIpc) is 2.64.